The average Bonchev–Trinajstić information content (AvgIpc) is 2.81. The van der Waals surface area contributed by atoms with Crippen LogP contribution in [0.4, 0.5) is 11.4 Å². The molecule has 0 saturated carbocycles. The molecule has 1 aliphatic heterocycles. The summed E-state index contributed by atoms with van der Waals surface area (Å²) < 4.78 is 0. The van der Waals surface area contributed by atoms with Gasteiger partial charge >= 0.3 is 5.91 Å². The predicted octanol–water partition coefficient (Wildman–Crippen LogP) is 2.58. The molecule has 0 spiro atoms. The van der Waals surface area contributed by atoms with Gasteiger partial charge in [0.15, 0.2) is 5.71 Å². The van der Waals surface area contributed by atoms with Crippen molar-refractivity contribution in [2.24, 2.45) is 10.2 Å². The van der Waals surface area contributed by atoms with Crippen molar-refractivity contribution in [2.75, 3.05) is 10.4 Å². The largest absolute Gasteiger partial charge is 0.508 e. The lowest BCUT2D eigenvalue weighted by Gasteiger charge is -2.10. The molecule has 0 radical (unpaired) electrons. The van der Waals surface area contributed by atoms with E-state index in [0.29, 0.717) is 17.1 Å². The first-order chi connectivity index (χ1) is 10.6. The van der Waals surface area contributed by atoms with E-state index >= 15 is 0 Å². The van der Waals surface area contributed by atoms with Crippen molar-refractivity contribution in [3.05, 3.63) is 54.6 Å². The molecule has 1 heterocycles. The summed E-state index contributed by atoms with van der Waals surface area (Å²) >= 11 is 0. The minimum absolute atomic E-state index is 0.124. The molecular formula is C16H14N4O2. The lowest BCUT2D eigenvalue weighted by atomic mass is 10.2. The number of phenolic OH excluding ortho intramolecular Hbond substituents is 1. The van der Waals surface area contributed by atoms with E-state index in [1.807, 2.05) is 18.2 Å². The predicted molar refractivity (Wildman–Crippen MR) is 86.2 cm³/mol. The number of nitrogens with zero attached hydrogens (tertiary/aromatic N) is 3. The van der Waals surface area contributed by atoms with Gasteiger partial charge in [-0.15, -0.1) is 0 Å². The smallest absolute Gasteiger partial charge is 0.301 e. The van der Waals surface area contributed by atoms with Crippen LogP contribution in [-0.4, -0.2) is 22.4 Å². The van der Waals surface area contributed by atoms with Gasteiger partial charge in [0.05, 0.1) is 17.1 Å². The summed E-state index contributed by atoms with van der Waals surface area (Å²) in [7, 11) is 0. The number of hydrogen-bond donors (Lipinski definition) is 2. The highest BCUT2D eigenvalue weighted by Gasteiger charge is 2.30. The van der Waals surface area contributed by atoms with Crippen LogP contribution in [0.1, 0.15) is 6.92 Å². The van der Waals surface area contributed by atoms with Crippen molar-refractivity contribution >= 4 is 28.7 Å². The van der Waals surface area contributed by atoms with Gasteiger partial charge in [-0.2, -0.15) is 15.2 Å². The number of anilines is 2. The van der Waals surface area contributed by atoms with Gasteiger partial charge in [0.2, 0.25) is 0 Å². The Kier molecular flexibility index (Phi) is 3.57. The first-order valence-electron chi connectivity index (χ1n) is 6.73. The van der Waals surface area contributed by atoms with Crippen LogP contribution in [-0.2, 0) is 4.79 Å². The summed E-state index contributed by atoms with van der Waals surface area (Å²) in [5, 5.41) is 19.1. The minimum Gasteiger partial charge on any atom is -0.508 e. The monoisotopic (exact) mass is 294 g/mol. The van der Waals surface area contributed by atoms with Crippen molar-refractivity contribution in [1.29, 1.82) is 0 Å². The van der Waals surface area contributed by atoms with Crippen molar-refractivity contribution < 1.29 is 9.90 Å². The number of nitrogens with one attached hydrogen (secondary N) is 1. The number of amides is 1. The number of hydrazone groups is 2. The van der Waals surface area contributed by atoms with Crippen LogP contribution in [0, 0.1) is 0 Å². The molecule has 110 valence electrons. The Morgan fingerprint density at radius 2 is 1.91 bits per heavy atom. The Hall–Kier alpha value is -3.15. The van der Waals surface area contributed by atoms with E-state index in [-0.39, 0.29) is 17.4 Å². The van der Waals surface area contributed by atoms with E-state index in [1.54, 1.807) is 37.3 Å². The van der Waals surface area contributed by atoms with E-state index in [4.69, 9.17) is 0 Å². The molecule has 0 bridgehead atoms. The van der Waals surface area contributed by atoms with Gasteiger partial charge in [0.1, 0.15) is 5.75 Å². The molecule has 22 heavy (non-hydrogen) atoms. The molecule has 0 aromatic heterocycles. The maximum atomic E-state index is 12.4. The molecule has 0 aliphatic carbocycles. The number of benzene rings is 2. The Morgan fingerprint density at radius 3 is 2.64 bits per heavy atom. The first kappa shape index (κ1) is 13.8. The standard InChI is InChI=1S/C16H14N4O2/c1-11-15(18-17-12-6-5-9-14(21)10-12)16(22)20(19-11)13-7-3-2-4-8-13/h2-10,17,21H,1H3. The van der Waals surface area contributed by atoms with Crippen LogP contribution < -0.4 is 10.4 Å². The molecule has 0 unspecified atom stereocenters. The number of aromatic hydroxyl groups is 1. The van der Waals surface area contributed by atoms with E-state index in [9.17, 15) is 9.90 Å². The second-order valence-electron chi connectivity index (χ2n) is 4.76. The normalized spacial score (nSPS) is 16.0. The van der Waals surface area contributed by atoms with Gasteiger partial charge in [-0.1, -0.05) is 24.3 Å². The zero-order valence-electron chi connectivity index (χ0n) is 11.9. The summed E-state index contributed by atoms with van der Waals surface area (Å²) in [4.78, 5) is 12.4. The third-order valence-corrected chi connectivity index (χ3v) is 3.13. The number of hydrogen-bond acceptors (Lipinski definition) is 5. The molecule has 1 aliphatic rings. The number of carbonyl (C=O) groups excluding carboxylic acids is 1. The highest BCUT2D eigenvalue weighted by Crippen LogP contribution is 2.20. The number of para-hydroxylation sites is 1. The maximum Gasteiger partial charge on any atom is 0.301 e. The quantitative estimate of drug-likeness (QED) is 0.854. The highest BCUT2D eigenvalue weighted by molar-refractivity contribution is 6.71. The molecular weight excluding hydrogens is 280 g/mol. The lowest BCUT2D eigenvalue weighted by molar-refractivity contribution is -0.112. The Balaban J connectivity index is 1.82. The van der Waals surface area contributed by atoms with Gasteiger partial charge in [0, 0.05) is 6.07 Å². The summed E-state index contributed by atoms with van der Waals surface area (Å²) in [5.74, 6) is -0.171. The lowest BCUT2D eigenvalue weighted by Crippen LogP contribution is -2.27. The second kappa shape index (κ2) is 5.69. The van der Waals surface area contributed by atoms with Gasteiger partial charge < -0.3 is 5.11 Å². The molecule has 6 heteroatoms. The molecule has 0 atom stereocenters. The Morgan fingerprint density at radius 1 is 1.14 bits per heavy atom. The number of rotatable bonds is 3. The summed E-state index contributed by atoms with van der Waals surface area (Å²) in [6, 6.07) is 15.7. The average molecular weight is 294 g/mol. The Bertz CT molecular complexity index is 769. The van der Waals surface area contributed by atoms with Gasteiger partial charge in [0.25, 0.3) is 0 Å². The SMILES string of the molecule is CC1=NN(c2ccccc2)C(=O)C1=NNc1cccc(O)c1. The van der Waals surface area contributed by atoms with Crippen molar-refractivity contribution in [2.45, 2.75) is 6.92 Å². The third-order valence-electron chi connectivity index (χ3n) is 3.13. The topological polar surface area (TPSA) is 77.3 Å². The van der Waals surface area contributed by atoms with E-state index in [1.165, 1.54) is 11.1 Å². The molecule has 2 aromatic rings. The molecule has 1 amide bonds. The van der Waals surface area contributed by atoms with Crippen molar-refractivity contribution in [1.82, 2.24) is 0 Å². The van der Waals surface area contributed by atoms with E-state index < -0.39 is 0 Å². The minimum atomic E-state index is -0.295. The van der Waals surface area contributed by atoms with Crippen molar-refractivity contribution in [3.63, 3.8) is 0 Å². The van der Waals surface area contributed by atoms with Crippen LogP contribution in [0.2, 0.25) is 0 Å². The fourth-order valence-electron chi connectivity index (χ4n) is 2.07. The zero-order valence-corrected chi connectivity index (χ0v) is 11.9. The van der Waals surface area contributed by atoms with Crippen LogP contribution in [0.3, 0.4) is 0 Å². The molecule has 3 rings (SSSR count). The molecule has 0 saturated heterocycles. The maximum absolute atomic E-state index is 12.4. The molecule has 2 N–H and O–H groups in total. The van der Waals surface area contributed by atoms with Crippen LogP contribution >= 0.6 is 0 Å². The zero-order chi connectivity index (χ0) is 15.5. The second-order valence-corrected chi connectivity index (χ2v) is 4.76. The van der Waals surface area contributed by atoms with Crippen molar-refractivity contribution in [3.8, 4) is 5.75 Å². The third kappa shape index (κ3) is 2.67. The van der Waals surface area contributed by atoms with Gasteiger partial charge in [-0.25, -0.2) is 0 Å². The molecule has 2 aromatic carbocycles. The Labute approximate surface area is 127 Å². The highest BCUT2D eigenvalue weighted by atomic mass is 16.3. The summed E-state index contributed by atoms with van der Waals surface area (Å²) in [5.41, 5.74) is 4.81. The first-order valence-corrected chi connectivity index (χ1v) is 6.73. The fourth-order valence-corrected chi connectivity index (χ4v) is 2.07. The van der Waals surface area contributed by atoms with Gasteiger partial charge in [-0.05, 0) is 31.2 Å². The van der Waals surface area contributed by atoms with Crippen LogP contribution in [0.25, 0.3) is 0 Å². The number of phenols is 1. The summed E-state index contributed by atoms with van der Waals surface area (Å²) in [6.07, 6.45) is 0. The van der Waals surface area contributed by atoms with Crippen LogP contribution in [0.15, 0.2) is 64.8 Å². The number of carbonyl (C=O) groups is 1. The van der Waals surface area contributed by atoms with Crippen LogP contribution in [0.5, 0.6) is 5.75 Å². The fraction of sp³-hybridized carbons (Fsp3) is 0.0625. The van der Waals surface area contributed by atoms with Gasteiger partial charge in [-0.3, -0.25) is 10.2 Å². The van der Waals surface area contributed by atoms with E-state index in [0.717, 1.165) is 0 Å². The van der Waals surface area contributed by atoms with E-state index in [2.05, 4.69) is 15.6 Å². The molecule has 0 fully saturated rings. The molecule has 6 nitrogen and oxygen atoms in total. The summed E-state index contributed by atoms with van der Waals surface area (Å²) in [6.45, 7) is 1.73.